The number of rotatable bonds is 51. The Morgan fingerprint density at radius 2 is 1.02 bits per heavy atom. The molecule has 38 heteroatoms. The van der Waals surface area contributed by atoms with Gasteiger partial charge in [0.25, 0.3) is 5.91 Å². The average molecular weight is 1570 g/mol. The number of carboxylic acids is 1. The van der Waals surface area contributed by atoms with Crippen molar-refractivity contribution in [1.82, 2.24) is 63.1 Å². The summed E-state index contributed by atoms with van der Waals surface area (Å²) >= 11 is 0. The van der Waals surface area contributed by atoms with Gasteiger partial charge in [-0.25, -0.2) is 4.79 Å². The van der Waals surface area contributed by atoms with Crippen molar-refractivity contribution in [1.29, 1.82) is 0 Å². The second kappa shape index (κ2) is 47.9. The standard InChI is InChI=1S/C73H111N15O23/c1-9-41(6)60(85-71(104)62(43(8)91)86-66(99)51(31-40(4)5)80-63(96)47(74)33-45-35-77-48-19-14-13-18-46(45)48)69(102)79-49(21-22-56(75)92)72(105)88-23-15-20-55(88)68(101)84-59(95)38-111-29-27-109-25-24-108-26-28-110-37-58(94)78-54(36-89)67(100)87-61(42(7)90)70(103)82-50(30-39(2)3)64(97)81-52(34-57(76)93)65(98)83-53(73(106)107)32-44-16-11-10-12-17-44/h10-14,16-19,35,39-43,47,49-55,60-62,77,89-91H,9,15,20-34,36-38,74H2,1-8H3,(H2,75,92)(H2,76,93)(H,78,94)(H,79,102)(H,80,96)(H,81,97)(H,82,103)(H,83,98)(H,85,104)(H,86,99)(H,87,100)(H,106,107)(H,84,95,101)/t41-,42+,43+,47-,49-,50-,51-,52-,53-,54-,55-,60-,61-,62-/m0/s1. The summed E-state index contributed by atoms with van der Waals surface area (Å²) in [5.74, 6) is -15.3. The van der Waals surface area contributed by atoms with Crippen molar-refractivity contribution < 1.29 is 111 Å². The van der Waals surface area contributed by atoms with Crippen LogP contribution in [0.5, 0.6) is 0 Å². The van der Waals surface area contributed by atoms with Crippen molar-refractivity contribution in [2.75, 3.05) is 66.0 Å². The Morgan fingerprint density at radius 3 is 1.56 bits per heavy atom. The third-order valence-corrected chi connectivity index (χ3v) is 17.8. The lowest BCUT2D eigenvalue weighted by Gasteiger charge is -2.32. The Kier molecular flexibility index (Phi) is 40.2. The maximum atomic E-state index is 14.3. The van der Waals surface area contributed by atoms with Gasteiger partial charge in [0.2, 0.25) is 76.8 Å². The molecule has 1 aromatic heterocycles. The summed E-state index contributed by atoms with van der Waals surface area (Å²) in [4.78, 5) is 204. The number of nitrogens with one attached hydrogen (secondary N) is 11. The first-order chi connectivity index (χ1) is 52.5. The molecule has 1 aliphatic heterocycles. The number of nitrogens with zero attached hydrogens (tertiary/aromatic N) is 1. The maximum Gasteiger partial charge on any atom is 0.326 e. The van der Waals surface area contributed by atoms with E-state index in [0.717, 1.165) is 28.3 Å². The lowest BCUT2D eigenvalue weighted by atomic mass is 9.96. The highest BCUT2D eigenvalue weighted by Crippen LogP contribution is 2.22. The SMILES string of the molecule is CC[C@H](C)[C@H](NC(=O)[C@@H](NC(=O)[C@H](CC(C)C)NC(=O)[C@@H](N)Cc1c[nH]c2ccccc12)[C@@H](C)O)C(=O)N[C@@H](CCC(N)=O)C(=O)N1CCC[C@H]1C(=O)NC(=O)COCCOCCOCCOCC(=O)N[C@@H](CO)C(=O)N[C@H](C(=O)N[C@@H](CC(C)C)C(=O)N[C@@H](CC(N)=O)C(=O)N[C@@H](Cc1ccccc1)C(=O)O)[C@@H](C)O. The van der Waals surface area contributed by atoms with E-state index in [1.807, 2.05) is 38.1 Å². The molecule has 2 heterocycles. The Hall–Kier alpha value is -10.1. The minimum absolute atomic E-state index is 0.0186. The number of nitrogens with two attached hydrogens (primary N) is 3. The average Bonchev–Trinajstić information content (AvgIpc) is 1.72. The summed E-state index contributed by atoms with van der Waals surface area (Å²) in [6.07, 6.45) is -2.11. The van der Waals surface area contributed by atoms with Crippen LogP contribution in [0, 0.1) is 17.8 Å². The molecule has 4 rings (SSSR count). The number of H-pyrrole nitrogens is 1. The van der Waals surface area contributed by atoms with Crippen molar-refractivity contribution in [3.63, 3.8) is 0 Å². The highest BCUT2D eigenvalue weighted by molar-refractivity contribution is 6.02. The molecule has 616 valence electrons. The first kappa shape index (κ1) is 93.3. The quantitative estimate of drug-likeness (QED) is 0.0237. The van der Waals surface area contributed by atoms with Crippen LogP contribution in [0.3, 0.4) is 0 Å². The molecule has 1 saturated heterocycles. The summed E-state index contributed by atoms with van der Waals surface area (Å²) in [5, 5.41) is 66.3. The van der Waals surface area contributed by atoms with Gasteiger partial charge in [-0.05, 0) is 87.3 Å². The summed E-state index contributed by atoms with van der Waals surface area (Å²) in [6, 6.07) is -0.268. The second-order valence-electron chi connectivity index (χ2n) is 28.0. The van der Waals surface area contributed by atoms with Crippen molar-refractivity contribution in [2.45, 2.75) is 198 Å². The fourth-order valence-electron chi connectivity index (χ4n) is 11.7. The number of carbonyl (C=O) groups excluding carboxylic acids is 14. The van der Waals surface area contributed by atoms with Crippen molar-refractivity contribution in [3.8, 4) is 0 Å². The van der Waals surface area contributed by atoms with E-state index in [1.165, 1.54) is 6.92 Å². The van der Waals surface area contributed by atoms with Crippen LogP contribution in [0.15, 0.2) is 60.8 Å². The smallest absolute Gasteiger partial charge is 0.326 e. The van der Waals surface area contributed by atoms with Gasteiger partial charge in [-0.1, -0.05) is 96.5 Å². The van der Waals surface area contributed by atoms with E-state index in [4.69, 9.17) is 36.1 Å². The van der Waals surface area contributed by atoms with E-state index in [9.17, 15) is 92.3 Å². The number of carboxylic acid groups (broad SMARTS) is 1. The number of aliphatic hydroxyl groups is 3. The molecular formula is C73H111N15O23. The Balaban J connectivity index is 1.19. The Labute approximate surface area is 642 Å². The van der Waals surface area contributed by atoms with Gasteiger partial charge in [-0.15, -0.1) is 0 Å². The Bertz CT molecular complexity index is 3620. The van der Waals surface area contributed by atoms with Crippen LogP contribution in [0.2, 0.25) is 0 Å². The largest absolute Gasteiger partial charge is 0.480 e. The highest BCUT2D eigenvalue weighted by Gasteiger charge is 2.42. The molecule has 14 atom stereocenters. The summed E-state index contributed by atoms with van der Waals surface area (Å²) < 4.78 is 21.5. The molecule has 0 bridgehead atoms. The number of ether oxygens (including phenoxy) is 4. The van der Waals surface area contributed by atoms with Crippen LogP contribution < -0.4 is 70.4 Å². The van der Waals surface area contributed by atoms with E-state index in [-0.39, 0.29) is 103 Å². The topological polar surface area (TPSA) is 591 Å². The fraction of sp³-hybridized carbons (Fsp3) is 0.603. The zero-order chi connectivity index (χ0) is 82.6. The van der Waals surface area contributed by atoms with E-state index < -0.39 is 199 Å². The zero-order valence-electron chi connectivity index (χ0n) is 63.9. The van der Waals surface area contributed by atoms with Gasteiger partial charge in [0.15, 0.2) is 0 Å². The number of aromatic amines is 1. The van der Waals surface area contributed by atoms with E-state index in [0.29, 0.717) is 18.4 Å². The summed E-state index contributed by atoms with van der Waals surface area (Å²) in [5.41, 5.74) is 19.4. The number of benzene rings is 2. The monoisotopic (exact) mass is 1570 g/mol. The number of aromatic nitrogens is 1. The van der Waals surface area contributed by atoms with Crippen LogP contribution >= 0.6 is 0 Å². The van der Waals surface area contributed by atoms with Crippen LogP contribution in [-0.4, -0.2) is 264 Å². The third kappa shape index (κ3) is 32.4. The van der Waals surface area contributed by atoms with Crippen LogP contribution in [0.4, 0.5) is 0 Å². The number of aliphatic hydroxyl groups excluding tert-OH is 3. The van der Waals surface area contributed by atoms with E-state index in [1.54, 1.807) is 64.2 Å². The van der Waals surface area contributed by atoms with Crippen molar-refractivity contribution in [3.05, 3.63) is 71.9 Å². The molecule has 38 nitrogen and oxygen atoms in total. The van der Waals surface area contributed by atoms with Crippen LogP contribution in [0.1, 0.15) is 118 Å². The molecule has 0 saturated carbocycles. The van der Waals surface area contributed by atoms with Crippen molar-refractivity contribution in [2.24, 2.45) is 35.0 Å². The molecule has 0 spiro atoms. The van der Waals surface area contributed by atoms with Crippen LogP contribution in [-0.2, 0) is 104 Å². The van der Waals surface area contributed by atoms with Gasteiger partial charge in [0, 0.05) is 36.5 Å². The third-order valence-electron chi connectivity index (χ3n) is 17.8. The molecule has 111 heavy (non-hydrogen) atoms. The van der Waals surface area contributed by atoms with Gasteiger partial charge >= 0.3 is 5.97 Å². The fourth-order valence-corrected chi connectivity index (χ4v) is 11.7. The minimum atomic E-state index is -1.78. The number of imide groups is 1. The molecule has 3 aromatic rings. The predicted octanol–water partition coefficient (Wildman–Crippen LogP) is -4.54. The zero-order valence-corrected chi connectivity index (χ0v) is 63.9. The maximum absolute atomic E-state index is 14.3. The number of primary amides is 2. The van der Waals surface area contributed by atoms with Gasteiger partial charge in [0.1, 0.15) is 73.6 Å². The normalized spacial score (nSPS) is 16.3. The van der Waals surface area contributed by atoms with Gasteiger partial charge in [-0.3, -0.25) is 72.4 Å². The molecule has 0 radical (unpaired) electrons. The predicted molar refractivity (Wildman–Crippen MR) is 397 cm³/mol. The molecule has 0 unspecified atom stereocenters. The van der Waals surface area contributed by atoms with Crippen molar-refractivity contribution >= 4 is 99.6 Å². The highest BCUT2D eigenvalue weighted by atomic mass is 16.6. The Morgan fingerprint density at radius 1 is 0.541 bits per heavy atom. The van der Waals surface area contributed by atoms with Gasteiger partial charge in [0.05, 0.1) is 70.9 Å². The molecule has 21 N–H and O–H groups in total. The van der Waals surface area contributed by atoms with Gasteiger partial charge in [-0.2, -0.15) is 0 Å². The number of para-hydroxylation sites is 1. The minimum Gasteiger partial charge on any atom is -0.480 e. The lowest BCUT2D eigenvalue weighted by Crippen LogP contribution is -2.62. The molecule has 1 fully saturated rings. The van der Waals surface area contributed by atoms with Gasteiger partial charge < -0.3 is 114 Å². The molecule has 2 aromatic carbocycles. The lowest BCUT2D eigenvalue weighted by molar-refractivity contribution is -0.144. The number of likely N-dealkylation sites (tertiary alicyclic amines) is 1. The number of aliphatic carboxylic acids is 1. The first-order valence-corrected chi connectivity index (χ1v) is 36.8. The summed E-state index contributed by atoms with van der Waals surface area (Å²) in [6.45, 7) is 10.4. The second-order valence-corrected chi connectivity index (χ2v) is 28.0. The molecule has 14 amide bonds. The number of fused-ring (bicyclic) bond motifs is 1. The first-order valence-electron chi connectivity index (χ1n) is 36.8. The van der Waals surface area contributed by atoms with E-state index >= 15 is 0 Å². The molecular weight excluding hydrogens is 1450 g/mol. The summed E-state index contributed by atoms with van der Waals surface area (Å²) in [7, 11) is 0. The number of amides is 14. The number of carbonyl (C=O) groups is 15. The molecule has 1 aliphatic rings. The molecule has 0 aliphatic carbocycles. The van der Waals surface area contributed by atoms with E-state index in [2.05, 4.69) is 58.2 Å². The number of hydrogen-bond acceptors (Lipinski definition) is 23. The number of hydrogen-bond donors (Lipinski definition) is 18. The van der Waals surface area contributed by atoms with Crippen LogP contribution in [0.25, 0.3) is 10.9 Å².